The van der Waals surface area contributed by atoms with Gasteiger partial charge in [-0.25, -0.2) is 4.98 Å². The van der Waals surface area contributed by atoms with Gasteiger partial charge >= 0.3 is 0 Å². The third-order valence-electron chi connectivity index (χ3n) is 2.81. The van der Waals surface area contributed by atoms with E-state index in [1.165, 1.54) is 10.4 Å². The molecule has 19 heavy (non-hydrogen) atoms. The monoisotopic (exact) mass is 277 g/mol. The van der Waals surface area contributed by atoms with E-state index in [-0.39, 0.29) is 0 Å². The Hall–Kier alpha value is -1.43. The second-order valence-electron chi connectivity index (χ2n) is 4.35. The molecule has 2 N–H and O–H groups in total. The van der Waals surface area contributed by atoms with Crippen LogP contribution in [0.25, 0.3) is 0 Å². The number of nitrogens with zero attached hydrogens (tertiary/aromatic N) is 2. The van der Waals surface area contributed by atoms with Gasteiger partial charge in [0.15, 0.2) is 5.13 Å². The van der Waals surface area contributed by atoms with Crippen LogP contribution < -0.4 is 5.73 Å². The lowest BCUT2D eigenvalue weighted by molar-refractivity contribution is 0.140. The van der Waals surface area contributed by atoms with Crippen LogP contribution in [0.2, 0.25) is 0 Å². The zero-order valence-corrected chi connectivity index (χ0v) is 11.9. The molecule has 5 heteroatoms. The third kappa shape index (κ3) is 4.63. The van der Waals surface area contributed by atoms with Gasteiger partial charge in [0.1, 0.15) is 0 Å². The number of thiazole rings is 1. The summed E-state index contributed by atoms with van der Waals surface area (Å²) in [5.74, 6) is 0. The van der Waals surface area contributed by atoms with E-state index >= 15 is 0 Å². The number of aromatic nitrogens is 1. The number of hydrogen-bond acceptors (Lipinski definition) is 5. The molecule has 0 aliphatic heterocycles. The van der Waals surface area contributed by atoms with Gasteiger partial charge in [-0.3, -0.25) is 4.90 Å². The molecule has 4 nitrogen and oxygen atoms in total. The summed E-state index contributed by atoms with van der Waals surface area (Å²) in [5.41, 5.74) is 6.97. The van der Waals surface area contributed by atoms with Gasteiger partial charge < -0.3 is 10.5 Å². The molecule has 1 heterocycles. The minimum absolute atomic E-state index is 0.626. The summed E-state index contributed by atoms with van der Waals surface area (Å²) in [7, 11) is 1.73. The Morgan fingerprint density at radius 1 is 1.26 bits per heavy atom. The van der Waals surface area contributed by atoms with Crippen LogP contribution in [0.3, 0.4) is 0 Å². The van der Waals surface area contributed by atoms with Gasteiger partial charge in [0.25, 0.3) is 0 Å². The van der Waals surface area contributed by atoms with Crippen molar-refractivity contribution in [2.24, 2.45) is 0 Å². The first-order valence-electron chi connectivity index (χ1n) is 6.23. The lowest BCUT2D eigenvalue weighted by Gasteiger charge is -2.21. The maximum Gasteiger partial charge on any atom is 0.180 e. The van der Waals surface area contributed by atoms with Crippen molar-refractivity contribution in [3.8, 4) is 0 Å². The third-order valence-corrected chi connectivity index (χ3v) is 3.62. The summed E-state index contributed by atoms with van der Waals surface area (Å²) in [6.07, 6.45) is 1.85. The number of anilines is 1. The summed E-state index contributed by atoms with van der Waals surface area (Å²) in [6, 6.07) is 10.4. The average Bonchev–Trinajstić information content (AvgIpc) is 2.82. The Bertz CT molecular complexity index is 486. The summed E-state index contributed by atoms with van der Waals surface area (Å²) in [4.78, 5) is 7.62. The first kappa shape index (κ1) is 14.0. The zero-order valence-electron chi connectivity index (χ0n) is 11.1. The summed E-state index contributed by atoms with van der Waals surface area (Å²) < 4.78 is 5.17. The largest absolute Gasteiger partial charge is 0.383 e. The van der Waals surface area contributed by atoms with Crippen LogP contribution in [-0.4, -0.2) is 30.1 Å². The highest BCUT2D eigenvalue weighted by Gasteiger charge is 2.09. The summed E-state index contributed by atoms with van der Waals surface area (Å²) >= 11 is 1.54. The molecule has 0 saturated heterocycles. The number of benzene rings is 1. The van der Waals surface area contributed by atoms with Crippen molar-refractivity contribution in [3.05, 3.63) is 47.0 Å². The van der Waals surface area contributed by atoms with Crippen molar-refractivity contribution in [1.82, 2.24) is 9.88 Å². The van der Waals surface area contributed by atoms with Crippen LogP contribution in [0.4, 0.5) is 5.13 Å². The SMILES string of the molecule is COCCN(Cc1ccccc1)Cc1cnc(N)s1. The normalized spacial score (nSPS) is 11.1. The van der Waals surface area contributed by atoms with Gasteiger partial charge in [-0.2, -0.15) is 0 Å². The van der Waals surface area contributed by atoms with E-state index in [1.54, 1.807) is 18.4 Å². The van der Waals surface area contributed by atoms with Crippen LogP contribution in [0.5, 0.6) is 0 Å². The number of ether oxygens (including phenoxy) is 1. The predicted octanol–water partition coefficient (Wildman–Crippen LogP) is 2.37. The molecular weight excluding hydrogens is 258 g/mol. The average molecular weight is 277 g/mol. The molecule has 0 amide bonds. The van der Waals surface area contributed by atoms with Crippen molar-refractivity contribution in [2.45, 2.75) is 13.1 Å². The van der Waals surface area contributed by atoms with Gasteiger partial charge in [-0.15, -0.1) is 11.3 Å². The van der Waals surface area contributed by atoms with Crippen LogP contribution in [-0.2, 0) is 17.8 Å². The molecule has 0 unspecified atom stereocenters. The van der Waals surface area contributed by atoms with E-state index < -0.39 is 0 Å². The fourth-order valence-corrected chi connectivity index (χ4v) is 2.62. The highest BCUT2D eigenvalue weighted by atomic mass is 32.1. The topological polar surface area (TPSA) is 51.4 Å². The minimum Gasteiger partial charge on any atom is -0.383 e. The van der Waals surface area contributed by atoms with E-state index in [0.29, 0.717) is 5.13 Å². The van der Waals surface area contributed by atoms with Crippen molar-refractivity contribution in [2.75, 3.05) is 26.0 Å². The first-order chi connectivity index (χ1) is 9.28. The molecule has 2 aromatic rings. The van der Waals surface area contributed by atoms with E-state index in [4.69, 9.17) is 10.5 Å². The highest BCUT2D eigenvalue weighted by Crippen LogP contribution is 2.17. The second-order valence-corrected chi connectivity index (χ2v) is 5.50. The maximum absolute atomic E-state index is 5.67. The van der Waals surface area contributed by atoms with Crippen molar-refractivity contribution in [3.63, 3.8) is 0 Å². The predicted molar refractivity (Wildman–Crippen MR) is 79.0 cm³/mol. The number of hydrogen-bond donors (Lipinski definition) is 1. The van der Waals surface area contributed by atoms with Crippen LogP contribution >= 0.6 is 11.3 Å². The summed E-state index contributed by atoms with van der Waals surface area (Å²) in [6.45, 7) is 3.37. The Kier molecular flexibility index (Phi) is 5.32. The molecule has 0 radical (unpaired) electrons. The van der Waals surface area contributed by atoms with Gasteiger partial charge in [0.05, 0.1) is 6.61 Å². The number of nitrogen functional groups attached to an aromatic ring is 1. The smallest absolute Gasteiger partial charge is 0.180 e. The van der Waals surface area contributed by atoms with Gasteiger partial charge in [-0.1, -0.05) is 30.3 Å². The molecule has 1 aromatic heterocycles. The van der Waals surface area contributed by atoms with E-state index in [2.05, 4.69) is 34.1 Å². The standard InChI is InChI=1S/C14H19N3OS/c1-18-8-7-17(10-12-5-3-2-4-6-12)11-13-9-16-14(15)19-13/h2-6,9H,7-8,10-11H2,1H3,(H2,15,16). The van der Waals surface area contributed by atoms with E-state index in [9.17, 15) is 0 Å². The molecule has 0 saturated carbocycles. The molecular formula is C14H19N3OS. The van der Waals surface area contributed by atoms with E-state index in [0.717, 1.165) is 26.2 Å². The fraction of sp³-hybridized carbons (Fsp3) is 0.357. The van der Waals surface area contributed by atoms with E-state index in [1.807, 2.05) is 12.3 Å². The Morgan fingerprint density at radius 3 is 2.68 bits per heavy atom. The molecule has 102 valence electrons. The Balaban J connectivity index is 1.99. The maximum atomic E-state index is 5.67. The van der Waals surface area contributed by atoms with Crippen LogP contribution in [0, 0.1) is 0 Å². The first-order valence-corrected chi connectivity index (χ1v) is 7.05. The lowest BCUT2D eigenvalue weighted by atomic mass is 10.2. The van der Waals surface area contributed by atoms with Crippen molar-refractivity contribution >= 4 is 16.5 Å². The van der Waals surface area contributed by atoms with Crippen LogP contribution in [0.15, 0.2) is 36.5 Å². The highest BCUT2D eigenvalue weighted by molar-refractivity contribution is 7.15. The van der Waals surface area contributed by atoms with Gasteiger partial charge in [0, 0.05) is 37.8 Å². The molecule has 0 aliphatic rings. The molecule has 0 atom stereocenters. The summed E-state index contributed by atoms with van der Waals surface area (Å²) in [5, 5.41) is 0.626. The van der Waals surface area contributed by atoms with Crippen molar-refractivity contribution in [1.29, 1.82) is 0 Å². The Labute approximate surface area is 117 Å². The molecule has 2 rings (SSSR count). The number of methoxy groups -OCH3 is 1. The molecule has 0 bridgehead atoms. The molecule has 1 aromatic carbocycles. The van der Waals surface area contributed by atoms with Crippen molar-refractivity contribution < 1.29 is 4.74 Å². The number of nitrogens with two attached hydrogens (primary N) is 1. The fourth-order valence-electron chi connectivity index (χ4n) is 1.89. The van der Waals surface area contributed by atoms with Gasteiger partial charge in [-0.05, 0) is 5.56 Å². The molecule has 0 aliphatic carbocycles. The van der Waals surface area contributed by atoms with Crippen LogP contribution in [0.1, 0.15) is 10.4 Å². The second kappa shape index (κ2) is 7.23. The number of rotatable bonds is 7. The molecule has 0 fully saturated rings. The molecule has 0 spiro atoms. The van der Waals surface area contributed by atoms with Gasteiger partial charge in [0.2, 0.25) is 0 Å². The lowest BCUT2D eigenvalue weighted by Crippen LogP contribution is -2.26. The zero-order chi connectivity index (χ0) is 13.5. The quantitative estimate of drug-likeness (QED) is 0.844. The Morgan fingerprint density at radius 2 is 2.05 bits per heavy atom. The minimum atomic E-state index is 0.626.